The number of carboxylic acid groups (broad SMARTS) is 2. The molecule has 0 saturated carbocycles. The highest BCUT2D eigenvalue weighted by atomic mass is 16.4. The van der Waals surface area contributed by atoms with Crippen LogP contribution in [0.5, 0.6) is 0 Å². The molecule has 1 amide bonds. The van der Waals surface area contributed by atoms with E-state index in [9.17, 15) is 19.2 Å². The number of carboxylic acids is 2. The van der Waals surface area contributed by atoms with Crippen molar-refractivity contribution >= 4 is 23.6 Å². The van der Waals surface area contributed by atoms with Crippen molar-refractivity contribution in [2.24, 2.45) is 7.05 Å². The summed E-state index contributed by atoms with van der Waals surface area (Å²) < 4.78 is 1.56. The maximum absolute atomic E-state index is 12.6. The second-order valence-electron chi connectivity index (χ2n) is 6.20. The Morgan fingerprint density at radius 3 is 2.22 bits per heavy atom. The summed E-state index contributed by atoms with van der Waals surface area (Å²) >= 11 is 0. The standard InChI is InChI=1S/C19H20N2O6/c1-11-3-5-12(6-4-11)18(25)15-8-7-13(21(15)2)9-16(22)20-14(19(26)27)10-17(23)24/h3-8,14H,9-10H2,1-2H3,(H,20,22)(H,23,24)(H,26,27)/t14-/m1/s1. The maximum Gasteiger partial charge on any atom is 0.326 e. The van der Waals surface area contributed by atoms with Gasteiger partial charge in [-0.15, -0.1) is 0 Å². The molecule has 27 heavy (non-hydrogen) atoms. The predicted octanol–water partition coefficient (Wildman–Crippen LogP) is 1.15. The fourth-order valence-electron chi connectivity index (χ4n) is 2.60. The minimum atomic E-state index is -1.51. The van der Waals surface area contributed by atoms with E-state index in [2.05, 4.69) is 5.32 Å². The number of aromatic nitrogens is 1. The monoisotopic (exact) mass is 372 g/mol. The van der Waals surface area contributed by atoms with Crippen molar-refractivity contribution in [1.82, 2.24) is 9.88 Å². The second kappa shape index (κ2) is 8.31. The van der Waals surface area contributed by atoms with Gasteiger partial charge in [0.15, 0.2) is 0 Å². The summed E-state index contributed by atoms with van der Waals surface area (Å²) in [4.78, 5) is 46.4. The van der Waals surface area contributed by atoms with Crippen LogP contribution in [0.1, 0.15) is 33.7 Å². The summed E-state index contributed by atoms with van der Waals surface area (Å²) in [6.07, 6.45) is -0.896. The normalized spacial score (nSPS) is 11.6. The average Bonchev–Trinajstić information content (AvgIpc) is 2.94. The summed E-state index contributed by atoms with van der Waals surface area (Å²) in [5.74, 6) is -3.59. The van der Waals surface area contributed by atoms with Crippen LogP contribution in [0.4, 0.5) is 0 Å². The number of nitrogens with zero attached hydrogens (tertiary/aromatic N) is 1. The van der Waals surface area contributed by atoms with E-state index in [1.165, 1.54) is 0 Å². The lowest BCUT2D eigenvalue weighted by Crippen LogP contribution is -2.43. The summed E-state index contributed by atoms with van der Waals surface area (Å²) in [5, 5.41) is 19.9. The molecular weight excluding hydrogens is 352 g/mol. The molecule has 0 saturated heterocycles. The first kappa shape index (κ1) is 19.9. The molecule has 3 N–H and O–H groups in total. The third-order valence-corrected chi connectivity index (χ3v) is 4.13. The number of hydrogen-bond donors (Lipinski definition) is 3. The lowest BCUT2D eigenvalue weighted by atomic mass is 10.1. The Morgan fingerprint density at radius 2 is 1.67 bits per heavy atom. The molecule has 1 atom stereocenters. The fraction of sp³-hybridized carbons (Fsp3) is 0.263. The molecule has 0 fully saturated rings. The zero-order valence-electron chi connectivity index (χ0n) is 14.9. The van der Waals surface area contributed by atoms with Gasteiger partial charge in [-0.1, -0.05) is 29.8 Å². The molecule has 2 aromatic rings. The van der Waals surface area contributed by atoms with Gasteiger partial charge in [-0.25, -0.2) is 4.79 Å². The van der Waals surface area contributed by atoms with Gasteiger partial charge in [-0.05, 0) is 19.1 Å². The Balaban J connectivity index is 2.11. The Labute approximate surface area is 155 Å². The van der Waals surface area contributed by atoms with Gasteiger partial charge in [0.2, 0.25) is 11.7 Å². The third kappa shape index (κ3) is 5.04. The number of carbonyl (C=O) groups is 4. The van der Waals surface area contributed by atoms with Crippen LogP contribution in [-0.4, -0.2) is 44.5 Å². The Morgan fingerprint density at radius 1 is 1.04 bits per heavy atom. The molecule has 2 rings (SSSR count). The minimum Gasteiger partial charge on any atom is -0.481 e. The number of nitrogens with one attached hydrogen (secondary N) is 1. The molecule has 1 heterocycles. The quantitative estimate of drug-likeness (QED) is 0.597. The van der Waals surface area contributed by atoms with E-state index in [4.69, 9.17) is 10.2 Å². The van der Waals surface area contributed by atoms with Gasteiger partial charge in [-0.2, -0.15) is 0 Å². The van der Waals surface area contributed by atoms with Gasteiger partial charge >= 0.3 is 11.9 Å². The van der Waals surface area contributed by atoms with Crippen LogP contribution in [-0.2, 0) is 27.9 Å². The molecule has 8 heteroatoms. The highest BCUT2D eigenvalue weighted by Gasteiger charge is 2.24. The zero-order chi connectivity index (χ0) is 20.1. The third-order valence-electron chi connectivity index (χ3n) is 4.13. The number of carbonyl (C=O) groups excluding carboxylic acids is 2. The highest BCUT2D eigenvalue weighted by molar-refractivity contribution is 6.08. The van der Waals surface area contributed by atoms with E-state index in [1.807, 2.05) is 19.1 Å². The first-order valence-corrected chi connectivity index (χ1v) is 8.19. The molecule has 1 aromatic heterocycles. The van der Waals surface area contributed by atoms with Crippen molar-refractivity contribution in [2.75, 3.05) is 0 Å². The molecule has 0 unspecified atom stereocenters. The molecule has 1 aromatic carbocycles. The average molecular weight is 372 g/mol. The van der Waals surface area contributed by atoms with Crippen LogP contribution < -0.4 is 5.32 Å². The van der Waals surface area contributed by atoms with Crippen LogP contribution in [0.25, 0.3) is 0 Å². The topological polar surface area (TPSA) is 126 Å². The zero-order valence-corrected chi connectivity index (χ0v) is 14.9. The van der Waals surface area contributed by atoms with Crippen molar-refractivity contribution in [2.45, 2.75) is 25.8 Å². The lowest BCUT2D eigenvalue weighted by molar-refractivity contribution is -0.147. The van der Waals surface area contributed by atoms with Crippen molar-refractivity contribution in [3.8, 4) is 0 Å². The van der Waals surface area contributed by atoms with E-state index in [1.54, 1.807) is 35.9 Å². The Kier molecular flexibility index (Phi) is 6.12. The lowest BCUT2D eigenvalue weighted by Gasteiger charge is -2.13. The number of rotatable bonds is 8. The van der Waals surface area contributed by atoms with E-state index < -0.39 is 30.3 Å². The van der Waals surface area contributed by atoms with Gasteiger partial charge in [0.05, 0.1) is 18.5 Å². The van der Waals surface area contributed by atoms with E-state index in [-0.39, 0.29) is 12.2 Å². The van der Waals surface area contributed by atoms with Crippen LogP contribution in [0.2, 0.25) is 0 Å². The van der Waals surface area contributed by atoms with E-state index >= 15 is 0 Å². The molecular formula is C19H20N2O6. The molecule has 0 aliphatic carbocycles. The van der Waals surface area contributed by atoms with Gasteiger partial charge in [0.25, 0.3) is 0 Å². The SMILES string of the molecule is Cc1ccc(C(=O)c2ccc(CC(=O)N[C@H](CC(=O)O)C(=O)O)n2C)cc1. The first-order valence-electron chi connectivity index (χ1n) is 8.19. The highest BCUT2D eigenvalue weighted by Crippen LogP contribution is 2.14. The fourth-order valence-corrected chi connectivity index (χ4v) is 2.60. The Hall–Kier alpha value is -3.42. The molecule has 0 radical (unpaired) electrons. The summed E-state index contributed by atoms with van der Waals surface area (Å²) in [7, 11) is 1.63. The van der Waals surface area contributed by atoms with Crippen molar-refractivity contribution in [3.05, 3.63) is 58.9 Å². The number of hydrogen-bond acceptors (Lipinski definition) is 4. The summed E-state index contributed by atoms with van der Waals surface area (Å²) in [6, 6.07) is 8.80. The number of amides is 1. The number of aliphatic carboxylic acids is 2. The largest absolute Gasteiger partial charge is 0.481 e. The molecule has 0 spiro atoms. The van der Waals surface area contributed by atoms with Gasteiger partial charge < -0.3 is 20.1 Å². The van der Waals surface area contributed by atoms with Crippen LogP contribution in [0.3, 0.4) is 0 Å². The van der Waals surface area contributed by atoms with Crippen LogP contribution in [0.15, 0.2) is 36.4 Å². The number of benzene rings is 1. The molecule has 8 nitrogen and oxygen atoms in total. The number of aryl methyl sites for hydroxylation is 1. The van der Waals surface area contributed by atoms with E-state index in [0.717, 1.165) is 5.56 Å². The van der Waals surface area contributed by atoms with Crippen LogP contribution in [0, 0.1) is 6.92 Å². The molecule has 142 valence electrons. The second-order valence-corrected chi connectivity index (χ2v) is 6.20. The predicted molar refractivity (Wildman–Crippen MR) is 95.5 cm³/mol. The van der Waals surface area contributed by atoms with Crippen molar-refractivity contribution < 1.29 is 29.4 Å². The first-order chi connectivity index (χ1) is 12.7. The summed E-state index contributed by atoms with van der Waals surface area (Å²) in [5.41, 5.74) is 2.44. The molecule has 0 aliphatic rings. The number of ketones is 1. The van der Waals surface area contributed by atoms with Gasteiger partial charge in [0.1, 0.15) is 6.04 Å². The smallest absolute Gasteiger partial charge is 0.326 e. The van der Waals surface area contributed by atoms with Crippen LogP contribution >= 0.6 is 0 Å². The van der Waals surface area contributed by atoms with E-state index in [0.29, 0.717) is 17.0 Å². The van der Waals surface area contributed by atoms with Crippen molar-refractivity contribution in [3.63, 3.8) is 0 Å². The maximum atomic E-state index is 12.6. The molecule has 0 aliphatic heterocycles. The Bertz CT molecular complexity index is 882. The van der Waals surface area contributed by atoms with Crippen molar-refractivity contribution in [1.29, 1.82) is 0 Å². The minimum absolute atomic E-state index is 0.179. The van der Waals surface area contributed by atoms with Gasteiger partial charge in [-0.3, -0.25) is 14.4 Å². The molecule has 0 bridgehead atoms. The summed E-state index contributed by atoms with van der Waals surface area (Å²) in [6.45, 7) is 1.92. The van der Waals surface area contributed by atoms with Gasteiger partial charge in [0, 0.05) is 18.3 Å².